The first-order valence-electron chi connectivity index (χ1n) is 6.67. The van der Waals surface area contributed by atoms with Crippen LogP contribution in [0.2, 0.25) is 0 Å². The van der Waals surface area contributed by atoms with Gasteiger partial charge in [0.2, 0.25) is 0 Å². The van der Waals surface area contributed by atoms with E-state index in [-0.39, 0.29) is 11.9 Å². The highest BCUT2D eigenvalue weighted by molar-refractivity contribution is 7.99. The molecule has 0 fully saturated rings. The van der Waals surface area contributed by atoms with Crippen molar-refractivity contribution >= 4 is 11.8 Å². The van der Waals surface area contributed by atoms with Crippen molar-refractivity contribution < 1.29 is 4.39 Å². The van der Waals surface area contributed by atoms with Crippen LogP contribution < -0.4 is 5.32 Å². The van der Waals surface area contributed by atoms with Crippen molar-refractivity contribution in [3.05, 3.63) is 35.9 Å². The summed E-state index contributed by atoms with van der Waals surface area (Å²) < 4.78 is 15.9. The van der Waals surface area contributed by atoms with Crippen LogP contribution in [0.4, 0.5) is 4.39 Å². The number of aryl methyl sites for hydroxylation is 1. The molecule has 1 aromatic heterocycles. The molecule has 108 valence electrons. The highest BCUT2D eigenvalue weighted by Crippen LogP contribution is 2.34. The van der Waals surface area contributed by atoms with Crippen molar-refractivity contribution in [3.8, 4) is 0 Å². The lowest BCUT2D eigenvalue weighted by atomic mass is 10.1. The largest absolute Gasteiger partial charge is 0.311 e. The van der Waals surface area contributed by atoms with Gasteiger partial charge in [-0.3, -0.25) is 0 Å². The first-order valence-corrected chi connectivity index (χ1v) is 7.48. The number of aromatic nitrogens is 3. The van der Waals surface area contributed by atoms with Gasteiger partial charge < -0.3 is 9.88 Å². The number of halogens is 1. The lowest BCUT2D eigenvalue weighted by Gasteiger charge is -2.17. The molecule has 20 heavy (non-hydrogen) atoms. The van der Waals surface area contributed by atoms with Crippen LogP contribution in [0, 0.1) is 5.82 Å². The maximum atomic E-state index is 14.2. The Labute approximate surface area is 122 Å². The zero-order valence-electron chi connectivity index (χ0n) is 11.9. The van der Waals surface area contributed by atoms with Gasteiger partial charge in [-0.1, -0.05) is 19.1 Å². The van der Waals surface area contributed by atoms with Crippen molar-refractivity contribution in [2.45, 2.75) is 36.4 Å². The van der Waals surface area contributed by atoms with Crippen LogP contribution in [0.5, 0.6) is 0 Å². The summed E-state index contributed by atoms with van der Waals surface area (Å²) in [5.74, 6) is -0.222. The number of hydrogen-bond donors (Lipinski definition) is 1. The number of hydrogen-bond acceptors (Lipinski definition) is 4. The van der Waals surface area contributed by atoms with Crippen molar-refractivity contribution in [3.63, 3.8) is 0 Å². The monoisotopic (exact) mass is 294 g/mol. The minimum Gasteiger partial charge on any atom is -0.311 e. The summed E-state index contributed by atoms with van der Waals surface area (Å²) in [4.78, 5) is 0.611. The highest BCUT2D eigenvalue weighted by atomic mass is 32.2. The van der Waals surface area contributed by atoms with Crippen LogP contribution in [0.1, 0.15) is 31.9 Å². The number of rotatable bonds is 6. The molecule has 6 heteroatoms. The van der Waals surface area contributed by atoms with E-state index in [9.17, 15) is 4.39 Å². The van der Waals surface area contributed by atoms with Gasteiger partial charge in [-0.05, 0) is 43.3 Å². The standard InChI is InChI=1S/C14H19FN4S/c1-4-8-16-10(2)11-6-5-7-12(15)13(11)20-14-18-17-9-19(14)3/h5-7,9-10,16H,4,8H2,1-3H3. The second kappa shape index (κ2) is 6.85. The Hall–Kier alpha value is -1.40. The number of benzene rings is 1. The van der Waals surface area contributed by atoms with Crippen molar-refractivity contribution in [1.29, 1.82) is 0 Å². The second-order valence-electron chi connectivity index (χ2n) is 4.66. The van der Waals surface area contributed by atoms with E-state index in [1.54, 1.807) is 17.0 Å². The topological polar surface area (TPSA) is 42.7 Å². The first-order chi connectivity index (χ1) is 9.63. The van der Waals surface area contributed by atoms with Gasteiger partial charge in [-0.15, -0.1) is 10.2 Å². The normalized spacial score (nSPS) is 12.6. The summed E-state index contributed by atoms with van der Waals surface area (Å²) in [7, 11) is 1.85. The molecule has 1 atom stereocenters. The van der Waals surface area contributed by atoms with Crippen molar-refractivity contribution in [2.24, 2.45) is 7.05 Å². The predicted octanol–water partition coefficient (Wildman–Crippen LogP) is 3.17. The molecule has 1 N–H and O–H groups in total. The molecule has 0 amide bonds. The van der Waals surface area contributed by atoms with Crippen molar-refractivity contribution in [2.75, 3.05) is 6.54 Å². The Morgan fingerprint density at radius 1 is 1.45 bits per heavy atom. The maximum Gasteiger partial charge on any atom is 0.195 e. The second-order valence-corrected chi connectivity index (χ2v) is 5.64. The van der Waals surface area contributed by atoms with E-state index in [1.807, 2.05) is 20.0 Å². The third kappa shape index (κ3) is 3.37. The van der Waals surface area contributed by atoms with Crippen molar-refractivity contribution in [1.82, 2.24) is 20.1 Å². The molecule has 0 radical (unpaired) electrons. The molecule has 2 rings (SSSR count). The summed E-state index contributed by atoms with van der Waals surface area (Å²) >= 11 is 1.31. The Morgan fingerprint density at radius 3 is 2.90 bits per heavy atom. The number of nitrogens with one attached hydrogen (secondary N) is 1. The number of nitrogens with zero attached hydrogens (tertiary/aromatic N) is 3. The van der Waals surface area contributed by atoms with E-state index in [0.717, 1.165) is 18.5 Å². The molecular weight excluding hydrogens is 275 g/mol. The molecule has 4 nitrogen and oxygen atoms in total. The van der Waals surface area contributed by atoms with Crippen LogP contribution >= 0.6 is 11.8 Å². The van der Waals surface area contributed by atoms with Gasteiger partial charge in [0.25, 0.3) is 0 Å². The maximum absolute atomic E-state index is 14.2. The van der Waals surface area contributed by atoms with Gasteiger partial charge in [0, 0.05) is 13.1 Å². The average molecular weight is 294 g/mol. The van der Waals surface area contributed by atoms with E-state index in [0.29, 0.717) is 10.1 Å². The third-order valence-electron chi connectivity index (χ3n) is 3.03. The fraction of sp³-hybridized carbons (Fsp3) is 0.429. The summed E-state index contributed by atoms with van der Waals surface area (Å²) in [5.41, 5.74) is 0.950. The van der Waals surface area contributed by atoms with Crippen LogP contribution in [0.3, 0.4) is 0 Å². The SMILES string of the molecule is CCCNC(C)c1cccc(F)c1Sc1nncn1C. The molecule has 0 aliphatic carbocycles. The van der Waals surface area contributed by atoms with Gasteiger partial charge in [-0.25, -0.2) is 4.39 Å². The third-order valence-corrected chi connectivity index (χ3v) is 4.21. The molecule has 0 aliphatic heterocycles. The summed E-state index contributed by atoms with van der Waals surface area (Å²) in [6.45, 7) is 5.07. The molecule has 0 saturated heterocycles. The fourth-order valence-electron chi connectivity index (χ4n) is 1.90. The molecular formula is C14H19FN4S. The van der Waals surface area contributed by atoms with E-state index in [4.69, 9.17) is 0 Å². The van der Waals surface area contributed by atoms with Crippen LogP contribution in [0.15, 0.2) is 34.6 Å². The summed E-state index contributed by atoms with van der Waals surface area (Å²) in [6, 6.07) is 5.28. The molecule has 1 heterocycles. The molecule has 2 aromatic rings. The van der Waals surface area contributed by atoms with E-state index < -0.39 is 0 Å². The minimum atomic E-state index is -0.222. The van der Waals surface area contributed by atoms with Gasteiger partial charge >= 0.3 is 0 Å². The summed E-state index contributed by atoms with van der Waals surface area (Å²) in [6.07, 6.45) is 2.66. The van der Waals surface area contributed by atoms with Crippen LogP contribution in [0.25, 0.3) is 0 Å². The summed E-state index contributed by atoms with van der Waals surface area (Å²) in [5, 5.41) is 11.9. The fourth-order valence-corrected chi connectivity index (χ4v) is 2.89. The Balaban J connectivity index is 2.29. The van der Waals surface area contributed by atoms with Crippen LogP contribution in [-0.2, 0) is 7.05 Å². The average Bonchev–Trinajstić information content (AvgIpc) is 2.84. The molecule has 0 saturated carbocycles. The Kier molecular flexibility index (Phi) is 5.14. The minimum absolute atomic E-state index is 0.0985. The highest BCUT2D eigenvalue weighted by Gasteiger charge is 2.16. The van der Waals surface area contributed by atoms with E-state index in [2.05, 4.69) is 22.4 Å². The molecule has 1 unspecified atom stereocenters. The Morgan fingerprint density at radius 2 is 2.25 bits per heavy atom. The Bertz CT molecular complexity index is 570. The van der Waals surface area contributed by atoms with Gasteiger partial charge in [-0.2, -0.15) is 0 Å². The van der Waals surface area contributed by atoms with Gasteiger partial charge in [0.1, 0.15) is 12.1 Å². The lowest BCUT2D eigenvalue weighted by molar-refractivity contribution is 0.543. The van der Waals surface area contributed by atoms with Gasteiger partial charge in [0.05, 0.1) is 4.90 Å². The zero-order valence-corrected chi connectivity index (χ0v) is 12.7. The molecule has 1 aromatic carbocycles. The van der Waals surface area contributed by atoms with E-state index >= 15 is 0 Å². The van der Waals surface area contributed by atoms with E-state index in [1.165, 1.54) is 17.8 Å². The predicted molar refractivity (Wildman–Crippen MR) is 78.2 cm³/mol. The smallest absolute Gasteiger partial charge is 0.195 e. The molecule has 0 bridgehead atoms. The lowest BCUT2D eigenvalue weighted by Crippen LogP contribution is -2.20. The molecule has 0 aliphatic rings. The quantitative estimate of drug-likeness (QED) is 0.888. The van der Waals surface area contributed by atoms with Gasteiger partial charge in [0.15, 0.2) is 5.16 Å². The first kappa shape index (κ1) is 15.0. The van der Waals surface area contributed by atoms with Crippen LogP contribution in [-0.4, -0.2) is 21.3 Å². The molecule has 0 spiro atoms. The zero-order chi connectivity index (χ0) is 14.5.